The summed E-state index contributed by atoms with van der Waals surface area (Å²) in [5.41, 5.74) is 2.86. The number of aryl methyl sites for hydroxylation is 2. The van der Waals surface area contributed by atoms with Crippen LogP contribution in [0.25, 0.3) is 0 Å². The van der Waals surface area contributed by atoms with Gasteiger partial charge in [0.25, 0.3) is 10.0 Å². The van der Waals surface area contributed by atoms with Crippen LogP contribution >= 0.6 is 11.6 Å². The van der Waals surface area contributed by atoms with Crippen molar-refractivity contribution in [3.63, 3.8) is 0 Å². The van der Waals surface area contributed by atoms with Gasteiger partial charge in [0.1, 0.15) is 0 Å². The highest BCUT2D eigenvalue weighted by Crippen LogP contribution is 2.18. The van der Waals surface area contributed by atoms with E-state index in [0.717, 1.165) is 17.0 Å². The second-order valence-corrected chi connectivity index (χ2v) is 8.53. The van der Waals surface area contributed by atoms with Crippen LogP contribution in [0.1, 0.15) is 31.9 Å². The van der Waals surface area contributed by atoms with Crippen molar-refractivity contribution in [3.8, 4) is 0 Å². The number of urea groups is 1. The Morgan fingerprint density at radius 1 is 1.15 bits per heavy atom. The Labute approximate surface area is 165 Å². The summed E-state index contributed by atoms with van der Waals surface area (Å²) in [6.07, 6.45) is 0.902. The van der Waals surface area contributed by atoms with E-state index < -0.39 is 22.1 Å². The Balaban J connectivity index is 2.20. The maximum Gasteiger partial charge on any atom is 0.337 e. The van der Waals surface area contributed by atoms with Gasteiger partial charge in [-0.2, -0.15) is 0 Å². The third kappa shape index (κ3) is 5.45. The first-order chi connectivity index (χ1) is 12.6. The molecule has 0 spiro atoms. The van der Waals surface area contributed by atoms with Gasteiger partial charge in [-0.25, -0.2) is 18.2 Å². The molecule has 0 saturated carbocycles. The fourth-order valence-corrected chi connectivity index (χ4v) is 3.81. The first-order valence-corrected chi connectivity index (χ1v) is 10.5. The molecule has 0 radical (unpaired) electrons. The minimum Gasteiger partial charge on any atom is -0.307 e. The fourth-order valence-electron chi connectivity index (χ4n) is 2.53. The largest absolute Gasteiger partial charge is 0.337 e. The number of nitrogens with zero attached hydrogens (tertiary/aromatic N) is 1. The van der Waals surface area contributed by atoms with Crippen LogP contribution < -0.4 is 10.1 Å². The van der Waals surface area contributed by atoms with E-state index >= 15 is 0 Å². The molecule has 2 aromatic rings. The fraction of sp³-hybridized carbons (Fsp3) is 0.316. The monoisotopic (exact) mass is 409 g/mol. The highest BCUT2D eigenvalue weighted by atomic mass is 35.5. The van der Waals surface area contributed by atoms with Crippen molar-refractivity contribution < 1.29 is 13.2 Å². The van der Waals surface area contributed by atoms with Gasteiger partial charge in [-0.1, -0.05) is 24.6 Å². The Hall–Kier alpha value is -2.09. The average molecular weight is 410 g/mol. The zero-order valence-corrected chi connectivity index (χ0v) is 17.4. The molecule has 0 aliphatic carbocycles. The topological polar surface area (TPSA) is 78.5 Å². The van der Waals surface area contributed by atoms with E-state index in [1.165, 1.54) is 29.8 Å². The number of rotatable bonds is 6. The standard InChI is InChI=1S/C19H24ClN3O3S/c1-5-15-6-9-17(12-14(15)4)21-19(24)23(13(2)3)22-27(25,26)18-10-7-16(20)8-11-18/h6-13,22H,5H2,1-4H3,(H,21,24). The van der Waals surface area contributed by atoms with Gasteiger partial charge in [-0.15, -0.1) is 4.83 Å². The van der Waals surface area contributed by atoms with Crippen LogP contribution in [-0.4, -0.2) is 25.5 Å². The highest BCUT2D eigenvalue weighted by Gasteiger charge is 2.24. The predicted octanol–water partition coefficient (Wildman–Crippen LogP) is 4.35. The number of halogens is 1. The third-order valence-corrected chi connectivity index (χ3v) is 5.63. The van der Waals surface area contributed by atoms with E-state index in [4.69, 9.17) is 11.6 Å². The molecule has 2 rings (SSSR count). The van der Waals surface area contributed by atoms with E-state index in [-0.39, 0.29) is 4.90 Å². The van der Waals surface area contributed by atoms with Crippen LogP contribution in [0.3, 0.4) is 0 Å². The maximum atomic E-state index is 12.6. The van der Waals surface area contributed by atoms with Gasteiger partial charge >= 0.3 is 6.03 Å². The second kappa shape index (κ2) is 8.73. The first kappa shape index (κ1) is 21.2. The Morgan fingerprint density at radius 3 is 2.30 bits per heavy atom. The number of anilines is 1. The predicted molar refractivity (Wildman–Crippen MR) is 108 cm³/mol. The number of carbonyl (C=O) groups is 1. The molecule has 0 atom stereocenters. The molecular formula is C19H24ClN3O3S. The second-order valence-electron chi connectivity index (χ2n) is 6.44. The van der Waals surface area contributed by atoms with Gasteiger partial charge in [0, 0.05) is 16.8 Å². The lowest BCUT2D eigenvalue weighted by molar-refractivity contribution is 0.185. The summed E-state index contributed by atoms with van der Waals surface area (Å²) in [5, 5.41) is 4.22. The molecule has 0 fully saturated rings. The average Bonchev–Trinajstić information content (AvgIpc) is 2.60. The molecule has 0 heterocycles. The molecule has 27 heavy (non-hydrogen) atoms. The number of amides is 2. The molecule has 0 aliphatic heterocycles. The molecule has 6 nitrogen and oxygen atoms in total. The van der Waals surface area contributed by atoms with Crippen LogP contribution in [0, 0.1) is 6.92 Å². The zero-order valence-electron chi connectivity index (χ0n) is 15.8. The van der Waals surface area contributed by atoms with Crippen LogP contribution in [0.5, 0.6) is 0 Å². The maximum absolute atomic E-state index is 12.6. The molecule has 0 saturated heterocycles. The number of nitrogens with one attached hydrogen (secondary N) is 2. The summed E-state index contributed by atoms with van der Waals surface area (Å²) in [6.45, 7) is 7.47. The highest BCUT2D eigenvalue weighted by molar-refractivity contribution is 7.89. The van der Waals surface area contributed by atoms with Gasteiger partial charge in [0.2, 0.25) is 0 Å². The summed E-state index contributed by atoms with van der Waals surface area (Å²) < 4.78 is 25.2. The van der Waals surface area contributed by atoms with Gasteiger partial charge in [0.05, 0.1) is 4.90 Å². The minimum atomic E-state index is -3.92. The van der Waals surface area contributed by atoms with Crippen molar-refractivity contribution in [2.24, 2.45) is 0 Å². The van der Waals surface area contributed by atoms with Gasteiger partial charge in [-0.05, 0) is 74.7 Å². The Kier molecular flexibility index (Phi) is 6.86. The van der Waals surface area contributed by atoms with E-state index in [1.807, 2.05) is 19.1 Å². The molecule has 8 heteroatoms. The summed E-state index contributed by atoms with van der Waals surface area (Å²) in [5.74, 6) is 0. The number of carbonyl (C=O) groups excluding carboxylic acids is 1. The first-order valence-electron chi connectivity index (χ1n) is 8.61. The Bertz CT molecular complexity index is 912. The molecule has 0 aromatic heterocycles. The van der Waals surface area contributed by atoms with Gasteiger partial charge in [-0.3, -0.25) is 0 Å². The molecule has 0 bridgehead atoms. The zero-order chi connectivity index (χ0) is 20.2. The molecule has 2 aromatic carbocycles. The summed E-state index contributed by atoms with van der Waals surface area (Å²) in [4.78, 5) is 15.0. The molecular weight excluding hydrogens is 386 g/mol. The summed E-state index contributed by atoms with van der Waals surface area (Å²) >= 11 is 5.80. The molecule has 2 amide bonds. The molecule has 2 N–H and O–H groups in total. The normalized spacial score (nSPS) is 11.5. The lowest BCUT2D eigenvalue weighted by Gasteiger charge is -2.27. The van der Waals surface area contributed by atoms with Crippen molar-refractivity contribution in [1.82, 2.24) is 9.84 Å². The lowest BCUT2D eigenvalue weighted by atomic mass is 10.1. The SMILES string of the molecule is CCc1ccc(NC(=O)N(NS(=O)(=O)c2ccc(Cl)cc2)C(C)C)cc1C. The number of sulfonamides is 1. The molecule has 146 valence electrons. The van der Waals surface area contributed by atoms with Crippen LogP contribution in [0.4, 0.5) is 10.5 Å². The van der Waals surface area contributed by atoms with E-state index in [0.29, 0.717) is 10.7 Å². The van der Waals surface area contributed by atoms with Crippen LogP contribution in [0.15, 0.2) is 47.4 Å². The Morgan fingerprint density at radius 2 is 1.78 bits per heavy atom. The summed E-state index contributed by atoms with van der Waals surface area (Å²) in [6, 6.07) is 10.4. The van der Waals surface area contributed by atoms with E-state index in [1.54, 1.807) is 19.9 Å². The molecule has 0 unspecified atom stereocenters. The quantitative estimate of drug-likeness (QED) is 0.696. The smallest absolute Gasteiger partial charge is 0.307 e. The number of hydrogen-bond acceptors (Lipinski definition) is 3. The third-order valence-electron chi connectivity index (χ3n) is 4.05. The van der Waals surface area contributed by atoms with E-state index in [2.05, 4.69) is 17.1 Å². The minimum absolute atomic E-state index is 0.0218. The summed E-state index contributed by atoms with van der Waals surface area (Å²) in [7, 11) is -3.92. The number of benzene rings is 2. The number of hydrazine groups is 1. The van der Waals surface area contributed by atoms with Gasteiger partial charge < -0.3 is 5.32 Å². The van der Waals surface area contributed by atoms with Crippen molar-refractivity contribution >= 4 is 33.3 Å². The van der Waals surface area contributed by atoms with Crippen molar-refractivity contribution in [3.05, 3.63) is 58.6 Å². The van der Waals surface area contributed by atoms with Crippen molar-refractivity contribution in [2.75, 3.05) is 5.32 Å². The van der Waals surface area contributed by atoms with Crippen LogP contribution in [-0.2, 0) is 16.4 Å². The van der Waals surface area contributed by atoms with E-state index in [9.17, 15) is 13.2 Å². The number of hydrogen-bond donors (Lipinski definition) is 2. The van der Waals surface area contributed by atoms with Crippen molar-refractivity contribution in [1.29, 1.82) is 0 Å². The van der Waals surface area contributed by atoms with Crippen LogP contribution in [0.2, 0.25) is 5.02 Å². The lowest BCUT2D eigenvalue weighted by Crippen LogP contribution is -2.51. The molecule has 0 aliphatic rings. The van der Waals surface area contributed by atoms with Crippen molar-refractivity contribution in [2.45, 2.75) is 45.1 Å². The van der Waals surface area contributed by atoms with Gasteiger partial charge in [0.15, 0.2) is 0 Å².